The van der Waals surface area contributed by atoms with Gasteiger partial charge < -0.3 is 10.1 Å². The van der Waals surface area contributed by atoms with Crippen LogP contribution in [0, 0.1) is 0 Å². The lowest BCUT2D eigenvalue weighted by molar-refractivity contribution is 0.0526. The number of tetrazole rings is 1. The molecule has 0 saturated carbocycles. The van der Waals surface area contributed by atoms with Crippen LogP contribution in [-0.2, 0) is 11.3 Å². The molecule has 0 atom stereocenters. The van der Waals surface area contributed by atoms with Gasteiger partial charge in [-0.1, -0.05) is 18.2 Å². The molecule has 1 heterocycles. The number of carbonyl (C=O) groups is 1. The fourth-order valence-corrected chi connectivity index (χ4v) is 2.21. The lowest BCUT2D eigenvalue weighted by atomic mass is 10.2. The summed E-state index contributed by atoms with van der Waals surface area (Å²) in [7, 11) is 0. The van der Waals surface area contributed by atoms with Gasteiger partial charge in [0.15, 0.2) is 5.82 Å². The van der Waals surface area contributed by atoms with E-state index in [0.29, 0.717) is 24.5 Å². The van der Waals surface area contributed by atoms with Crippen LogP contribution >= 0.6 is 0 Å². The summed E-state index contributed by atoms with van der Waals surface area (Å²) in [5.41, 5.74) is 2.29. The van der Waals surface area contributed by atoms with Crippen LogP contribution in [-0.4, -0.2) is 32.8 Å². The highest BCUT2D eigenvalue weighted by molar-refractivity contribution is 5.89. The first-order valence-corrected chi connectivity index (χ1v) is 7.61. The summed E-state index contributed by atoms with van der Waals surface area (Å²) in [4.78, 5) is 11.6. The third-order valence-electron chi connectivity index (χ3n) is 3.38. The Morgan fingerprint density at radius 2 is 1.88 bits per heavy atom. The minimum Gasteiger partial charge on any atom is -0.462 e. The molecule has 0 radical (unpaired) electrons. The van der Waals surface area contributed by atoms with Gasteiger partial charge in [0.25, 0.3) is 0 Å². The standard InChI is InChI=1S/C17H17N5O2/c1-2-24-17(23)13-8-10-14(11-9-13)18-12-16-19-20-21-22(16)15-6-4-3-5-7-15/h3-11,18H,2,12H2,1H3. The number of nitrogens with zero attached hydrogens (tertiary/aromatic N) is 4. The lowest BCUT2D eigenvalue weighted by Crippen LogP contribution is -2.09. The van der Waals surface area contributed by atoms with Crippen molar-refractivity contribution in [3.05, 3.63) is 66.0 Å². The molecule has 2 aromatic carbocycles. The van der Waals surface area contributed by atoms with Gasteiger partial charge in [-0.15, -0.1) is 5.10 Å². The molecule has 0 unspecified atom stereocenters. The highest BCUT2D eigenvalue weighted by Crippen LogP contribution is 2.13. The van der Waals surface area contributed by atoms with Crippen molar-refractivity contribution in [2.45, 2.75) is 13.5 Å². The number of ether oxygens (including phenoxy) is 1. The maximum absolute atomic E-state index is 11.6. The van der Waals surface area contributed by atoms with Gasteiger partial charge in [-0.3, -0.25) is 0 Å². The highest BCUT2D eigenvalue weighted by Gasteiger charge is 2.09. The summed E-state index contributed by atoms with van der Waals surface area (Å²) in [6.07, 6.45) is 0. The Morgan fingerprint density at radius 3 is 2.58 bits per heavy atom. The number of carbonyl (C=O) groups excluding carboxylic acids is 1. The second kappa shape index (κ2) is 7.36. The van der Waals surface area contributed by atoms with Crippen molar-refractivity contribution in [2.75, 3.05) is 11.9 Å². The number of nitrogens with one attached hydrogen (secondary N) is 1. The van der Waals surface area contributed by atoms with E-state index in [0.717, 1.165) is 11.4 Å². The number of esters is 1. The molecule has 0 aliphatic heterocycles. The fraction of sp³-hybridized carbons (Fsp3) is 0.176. The van der Waals surface area contributed by atoms with Gasteiger partial charge in [0.1, 0.15) is 0 Å². The van der Waals surface area contributed by atoms with Crippen LogP contribution < -0.4 is 5.32 Å². The Bertz CT molecular complexity index is 799. The van der Waals surface area contributed by atoms with Gasteiger partial charge in [0.05, 0.1) is 24.4 Å². The molecule has 0 amide bonds. The average Bonchev–Trinajstić information content (AvgIpc) is 3.10. The predicted octanol–water partition coefficient (Wildman–Crippen LogP) is 2.45. The first kappa shape index (κ1) is 15.7. The number of aromatic nitrogens is 4. The Balaban J connectivity index is 1.67. The van der Waals surface area contributed by atoms with E-state index in [1.807, 2.05) is 42.5 Å². The second-order valence-electron chi connectivity index (χ2n) is 4.99. The lowest BCUT2D eigenvalue weighted by Gasteiger charge is -2.08. The van der Waals surface area contributed by atoms with E-state index in [-0.39, 0.29) is 5.97 Å². The summed E-state index contributed by atoms with van der Waals surface area (Å²) in [6, 6.07) is 16.8. The third-order valence-corrected chi connectivity index (χ3v) is 3.38. The number of para-hydroxylation sites is 1. The van der Waals surface area contributed by atoms with Gasteiger partial charge in [-0.2, -0.15) is 4.68 Å². The molecule has 1 aromatic heterocycles. The van der Waals surface area contributed by atoms with Crippen LogP contribution in [0.5, 0.6) is 0 Å². The molecule has 24 heavy (non-hydrogen) atoms. The van der Waals surface area contributed by atoms with Gasteiger partial charge in [-0.25, -0.2) is 4.79 Å². The van der Waals surface area contributed by atoms with Crippen molar-refractivity contribution in [3.63, 3.8) is 0 Å². The molecule has 0 fully saturated rings. The summed E-state index contributed by atoms with van der Waals surface area (Å²) < 4.78 is 6.64. The van der Waals surface area contributed by atoms with Crippen LogP contribution in [0.4, 0.5) is 5.69 Å². The number of rotatable bonds is 6. The van der Waals surface area contributed by atoms with E-state index >= 15 is 0 Å². The normalized spacial score (nSPS) is 10.4. The number of hydrogen-bond acceptors (Lipinski definition) is 6. The molecule has 1 N–H and O–H groups in total. The maximum Gasteiger partial charge on any atom is 0.338 e. The van der Waals surface area contributed by atoms with Crippen molar-refractivity contribution in [1.29, 1.82) is 0 Å². The minimum absolute atomic E-state index is 0.322. The molecular weight excluding hydrogens is 306 g/mol. The van der Waals surface area contributed by atoms with E-state index in [9.17, 15) is 4.79 Å². The number of hydrogen-bond donors (Lipinski definition) is 1. The Morgan fingerprint density at radius 1 is 1.12 bits per heavy atom. The molecule has 0 saturated heterocycles. The van der Waals surface area contributed by atoms with E-state index in [4.69, 9.17) is 4.74 Å². The zero-order valence-electron chi connectivity index (χ0n) is 13.2. The Labute approximate surface area is 139 Å². The molecule has 0 aliphatic carbocycles. The van der Waals surface area contributed by atoms with Gasteiger partial charge in [0.2, 0.25) is 0 Å². The zero-order valence-corrected chi connectivity index (χ0v) is 13.2. The van der Waals surface area contributed by atoms with E-state index in [2.05, 4.69) is 20.8 Å². The average molecular weight is 323 g/mol. The van der Waals surface area contributed by atoms with Crippen LogP contribution in [0.1, 0.15) is 23.1 Å². The Hall–Kier alpha value is -3.22. The maximum atomic E-state index is 11.6. The van der Waals surface area contributed by atoms with Crippen molar-refractivity contribution in [2.24, 2.45) is 0 Å². The largest absolute Gasteiger partial charge is 0.462 e. The molecule has 0 spiro atoms. The topological polar surface area (TPSA) is 81.9 Å². The monoisotopic (exact) mass is 323 g/mol. The Kier molecular flexibility index (Phi) is 4.81. The molecule has 3 rings (SSSR count). The zero-order chi connectivity index (χ0) is 16.8. The van der Waals surface area contributed by atoms with Crippen molar-refractivity contribution >= 4 is 11.7 Å². The number of anilines is 1. The first-order valence-electron chi connectivity index (χ1n) is 7.61. The van der Waals surface area contributed by atoms with Crippen molar-refractivity contribution in [3.8, 4) is 5.69 Å². The summed E-state index contributed by atoms with van der Waals surface area (Å²) in [6.45, 7) is 2.60. The van der Waals surface area contributed by atoms with Crippen molar-refractivity contribution in [1.82, 2.24) is 20.2 Å². The summed E-state index contributed by atoms with van der Waals surface area (Å²) >= 11 is 0. The predicted molar refractivity (Wildman–Crippen MR) is 88.9 cm³/mol. The van der Waals surface area contributed by atoms with Crippen LogP contribution in [0.2, 0.25) is 0 Å². The summed E-state index contributed by atoms with van der Waals surface area (Å²) in [5, 5.41) is 15.0. The smallest absolute Gasteiger partial charge is 0.338 e. The van der Waals surface area contributed by atoms with E-state index < -0.39 is 0 Å². The van der Waals surface area contributed by atoms with E-state index in [1.165, 1.54) is 0 Å². The molecule has 3 aromatic rings. The number of benzene rings is 2. The van der Waals surface area contributed by atoms with Gasteiger partial charge in [-0.05, 0) is 53.7 Å². The quantitative estimate of drug-likeness (QED) is 0.702. The SMILES string of the molecule is CCOC(=O)c1ccc(NCc2nnnn2-c2ccccc2)cc1. The molecular formula is C17H17N5O2. The second-order valence-corrected chi connectivity index (χ2v) is 4.99. The summed E-state index contributed by atoms with van der Waals surface area (Å²) in [5.74, 6) is 0.368. The molecule has 7 nitrogen and oxygen atoms in total. The first-order chi connectivity index (χ1) is 11.8. The van der Waals surface area contributed by atoms with Gasteiger partial charge in [0, 0.05) is 5.69 Å². The van der Waals surface area contributed by atoms with Crippen LogP contribution in [0.25, 0.3) is 5.69 Å². The molecule has 7 heteroatoms. The molecule has 0 bridgehead atoms. The minimum atomic E-state index is -0.322. The van der Waals surface area contributed by atoms with Gasteiger partial charge >= 0.3 is 5.97 Å². The third kappa shape index (κ3) is 3.57. The highest BCUT2D eigenvalue weighted by atomic mass is 16.5. The van der Waals surface area contributed by atoms with Crippen LogP contribution in [0.15, 0.2) is 54.6 Å². The van der Waals surface area contributed by atoms with Crippen molar-refractivity contribution < 1.29 is 9.53 Å². The molecule has 122 valence electrons. The fourth-order valence-electron chi connectivity index (χ4n) is 2.21. The van der Waals surface area contributed by atoms with E-state index in [1.54, 1.807) is 23.7 Å². The van der Waals surface area contributed by atoms with Crippen LogP contribution in [0.3, 0.4) is 0 Å². The molecule has 0 aliphatic rings.